The van der Waals surface area contributed by atoms with Crippen LogP contribution in [-0.4, -0.2) is 52.7 Å². The Balaban J connectivity index is 1.14. The first-order valence-corrected chi connectivity index (χ1v) is 17.6. The Morgan fingerprint density at radius 1 is 0.843 bits per heavy atom. The van der Waals surface area contributed by atoms with Crippen molar-refractivity contribution < 1.29 is 29.3 Å². The largest absolute Gasteiger partial charge is 0.397 e. The van der Waals surface area contributed by atoms with Gasteiger partial charge in [-0.2, -0.15) is 0 Å². The summed E-state index contributed by atoms with van der Waals surface area (Å²) in [4.78, 5) is 26.9. The first-order valence-electron chi connectivity index (χ1n) is 17.6. The van der Waals surface area contributed by atoms with Crippen LogP contribution in [0.25, 0.3) is 0 Å². The first kappa shape index (κ1) is 37.7. The molecule has 0 radical (unpaired) electrons. The third kappa shape index (κ3) is 11.0. The predicted octanol–water partition coefficient (Wildman–Crippen LogP) is 6.18. The molecule has 1 fully saturated rings. The number of nitrogens with two attached hydrogens (primary N) is 1. The van der Waals surface area contributed by atoms with Gasteiger partial charge in [0.1, 0.15) is 0 Å². The quantitative estimate of drug-likeness (QED) is 0.0691. The maximum Gasteiger partial charge on any atom is 0.224 e. The molecule has 1 aliphatic heterocycles. The Bertz CT molecular complexity index is 1680. The van der Waals surface area contributed by atoms with E-state index in [0.29, 0.717) is 56.6 Å². The average molecular weight is 695 g/mol. The highest BCUT2D eigenvalue weighted by atomic mass is 16.7. The SMILES string of the molecule is C[C@H]([C@@H](O)c1ccccc1)N(C)C[C@H]1C[C@@H](c2ccc(CO)cc2)O[C@@H](c2ccc(CNC(=O)CCCCC(=O)Nc3ccccc3N)cc2)O1. The molecule has 1 saturated heterocycles. The lowest BCUT2D eigenvalue weighted by Crippen LogP contribution is -2.43. The van der Waals surface area contributed by atoms with Crippen molar-refractivity contribution in [3.63, 3.8) is 0 Å². The zero-order valence-corrected chi connectivity index (χ0v) is 29.4. The third-order valence-electron chi connectivity index (χ3n) is 9.43. The van der Waals surface area contributed by atoms with Gasteiger partial charge in [0.25, 0.3) is 0 Å². The van der Waals surface area contributed by atoms with Gasteiger partial charge in [0.15, 0.2) is 6.29 Å². The van der Waals surface area contributed by atoms with Crippen molar-refractivity contribution >= 4 is 23.2 Å². The summed E-state index contributed by atoms with van der Waals surface area (Å²) in [6, 6.07) is 32.3. The second kappa shape index (κ2) is 18.6. The number of rotatable bonds is 16. The molecule has 0 saturated carbocycles. The minimum Gasteiger partial charge on any atom is -0.397 e. The zero-order chi connectivity index (χ0) is 36.2. The van der Waals surface area contributed by atoms with Crippen molar-refractivity contribution in [3.05, 3.63) is 131 Å². The molecule has 0 unspecified atom stereocenters. The second-order valence-electron chi connectivity index (χ2n) is 13.2. The Kier molecular flexibility index (Phi) is 13.7. The molecule has 4 aromatic carbocycles. The minimum atomic E-state index is -0.645. The van der Waals surface area contributed by atoms with Gasteiger partial charge in [-0.1, -0.05) is 91.0 Å². The molecule has 0 bridgehead atoms. The summed E-state index contributed by atoms with van der Waals surface area (Å²) in [5, 5.41) is 26.4. The van der Waals surface area contributed by atoms with Crippen molar-refractivity contribution in [3.8, 4) is 0 Å². The van der Waals surface area contributed by atoms with Gasteiger partial charge in [-0.15, -0.1) is 0 Å². The maximum atomic E-state index is 12.5. The number of carbonyl (C=O) groups is 2. The van der Waals surface area contributed by atoms with Crippen LogP contribution >= 0.6 is 0 Å². The Labute approximate surface area is 300 Å². The molecule has 4 aromatic rings. The van der Waals surface area contributed by atoms with Crippen molar-refractivity contribution in [1.29, 1.82) is 0 Å². The van der Waals surface area contributed by atoms with Crippen molar-refractivity contribution in [2.24, 2.45) is 0 Å². The lowest BCUT2D eigenvalue weighted by molar-refractivity contribution is -0.253. The van der Waals surface area contributed by atoms with E-state index < -0.39 is 12.4 Å². The molecule has 51 heavy (non-hydrogen) atoms. The number of likely N-dealkylation sites (N-methyl/N-ethyl adjacent to an activating group) is 1. The highest BCUT2D eigenvalue weighted by Crippen LogP contribution is 2.38. The maximum absolute atomic E-state index is 12.5. The summed E-state index contributed by atoms with van der Waals surface area (Å²) in [5.41, 5.74) is 11.5. The molecule has 0 spiro atoms. The standard InChI is InChI=1S/C41H50N4O6/c1-28(40(49)32-10-4-3-5-11-32)45(2)26-34-24-37(31-20-18-30(27-46)19-21-31)51-41(50-34)33-22-16-29(17-23-33)25-43-38(47)14-8-9-15-39(48)44-36-13-7-6-12-35(36)42/h3-7,10-13,16-23,28,34,37,40-41,46,49H,8-9,14-15,24-27,42H2,1-2H3,(H,43,47)(H,44,48)/t28-,34-,37+,40-,41+/m1/s1. The number of amides is 2. The van der Waals surface area contributed by atoms with Gasteiger partial charge < -0.3 is 36.1 Å². The van der Waals surface area contributed by atoms with Crippen LogP contribution in [-0.2, 0) is 32.2 Å². The van der Waals surface area contributed by atoms with Gasteiger partial charge in [-0.25, -0.2) is 0 Å². The van der Waals surface area contributed by atoms with Crippen LogP contribution in [0.3, 0.4) is 0 Å². The van der Waals surface area contributed by atoms with Crippen molar-refractivity contribution in [2.45, 2.75) is 82.8 Å². The number of nitrogens with one attached hydrogen (secondary N) is 2. The van der Waals surface area contributed by atoms with Gasteiger partial charge in [0.05, 0.1) is 36.3 Å². The highest BCUT2D eigenvalue weighted by Gasteiger charge is 2.34. The minimum absolute atomic E-state index is 0.0242. The lowest BCUT2D eigenvalue weighted by Gasteiger charge is -2.39. The van der Waals surface area contributed by atoms with Gasteiger partial charge in [-0.3, -0.25) is 14.5 Å². The average Bonchev–Trinajstić information content (AvgIpc) is 3.16. The van der Waals surface area contributed by atoms with E-state index in [2.05, 4.69) is 15.5 Å². The molecule has 5 atom stereocenters. The fourth-order valence-corrected chi connectivity index (χ4v) is 6.17. The van der Waals surface area contributed by atoms with Gasteiger partial charge in [-0.05, 0) is 61.2 Å². The highest BCUT2D eigenvalue weighted by molar-refractivity contribution is 5.93. The second-order valence-corrected chi connectivity index (χ2v) is 13.2. The summed E-state index contributed by atoms with van der Waals surface area (Å²) in [5.74, 6) is -0.195. The monoisotopic (exact) mass is 694 g/mol. The fourth-order valence-electron chi connectivity index (χ4n) is 6.17. The van der Waals surface area contributed by atoms with Crippen LogP contribution < -0.4 is 16.4 Å². The van der Waals surface area contributed by atoms with Gasteiger partial charge in [0, 0.05) is 44.0 Å². The number of para-hydroxylation sites is 2. The number of hydrogen-bond acceptors (Lipinski definition) is 8. The van der Waals surface area contributed by atoms with Gasteiger partial charge in [0.2, 0.25) is 11.8 Å². The molecule has 1 aliphatic rings. The third-order valence-corrected chi connectivity index (χ3v) is 9.43. The normalized spacial score (nSPS) is 18.6. The van der Waals surface area contributed by atoms with Crippen molar-refractivity contribution in [1.82, 2.24) is 10.2 Å². The molecular formula is C41H50N4O6. The topological polar surface area (TPSA) is 146 Å². The number of anilines is 2. The Morgan fingerprint density at radius 3 is 2.16 bits per heavy atom. The summed E-state index contributed by atoms with van der Waals surface area (Å²) < 4.78 is 13.0. The number of hydrogen-bond donors (Lipinski definition) is 5. The van der Waals surface area contributed by atoms with E-state index in [1.54, 1.807) is 12.1 Å². The molecule has 0 aliphatic carbocycles. The molecule has 5 rings (SSSR count). The zero-order valence-electron chi connectivity index (χ0n) is 29.4. The molecule has 270 valence electrons. The van der Waals surface area contributed by atoms with Gasteiger partial charge >= 0.3 is 0 Å². The number of ether oxygens (including phenoxy) is 2. The molecule has 2 amide bonds. The number of aliphatic hydroxyl groups excluding tert-OH is 2. The summed E-state index contributed by atoms with van der Waals surface area (Å²) >= 11 is 0. The van der Waals surface area contributed by atoms with Crippen molar-refractivity contribution in [2.75, 3.05) is 24.6 Å². The van der Waals surface area contributed by atoms with Crippen LogP contribution in [0.15, 0.2) is 103 Å². The van der Waals surface area contributed by atoms with E-state index in [4.69, 9.17) is 15.2 Å². The number of unbranched alkanes of at least 4 members (excludes halogenated alkanes) is 1. The van der Waals surface area contributed by atoms with E-state index in [9.17, 15) is 19.8 Å². The van der Waals surface area contributed by atoms with Crippen LogP contribution in [0, 0.1) is 0 Å². The summed E-state index contributed by atoms with van der Waals surface area (Å²) in [6.45, 7) is 2.96. The summed E-state index contributed by atoms with van der Waals surface area (Å²) in [6.07, 6.45) is 0.802. The number of aliphatic hydroxyl groups is 2. The van der Waals surface area contributed by atoms with E-state index >= 15 is 0 Å². The Morgan fingerprint density at radius 2 is 1.47 bits per heavy atom. The molecular weight excluding hydrogens is 644 g/mol. The van der Waals surface area contributed by atoms with Crippen LogP contribution in [0.1, 0.15) is 85.3 Å². The van der Waals surface area contributed by atoms with E-state index in [0.717, 1.165) is 27.8 Å². The molecule has 1 heterocycles. The lowest BCUT2D eigenvalue weighted by atomic mass is 9.98. The molecule has 10 nitrogen and oxygen atoms in total. The number of benzene rings is 4. The smallest absolute Gasteiger partial charge is 0.224 e. The van der Waals surface area contributed by atoms with E-state index in [1.807, 2.05) is 105 Å². The first-order chi connectivity index (χ1) is 24.7. The predicted molar refractivity (Wildman–Crippen MR) is 198 cm³/mol. The van der Waals surface area contributed by atoms with E-state index in [-0.39, 0.29) is 36.7 Å². The Hall–Kier alpha value is -4.58. The number of nitrogen functional groups attached to an aromatic ring is 1. The molecule has 0 aromatic heterocycles. The van der Waals surface area contributed by atoms with Crippen LogP contribution in [0.2, 0.25) is 0 Å². The number of carbonyl (C=O) groups excluding carboxylic acids is 2. The molecule has 10 heteroatoms. The fraction of sp³-hybridized carbons (Fsp3) is 0.366. The van der Waals surface area contributed by atoms with E-state index in [1.165, 1.54) is 0 Å². The number of nitrogens with zero attached hydrogens (tertiary/aromatic N) is 1. The summed E-state index contributed by atoms with van der Waals surface area (Å²) in [7, 11) is 2.00. The van der Waals surface area contributed by atoms with Crippen LogP contribution in [0.4, 0.5) is 11.4 Å². The van der Waals surface area contributed by atoms with Crippen LogP contribution in [0.5, 0.6) is 0 Å². The molecule has 6 N–H and O–H groups in total.